The zero-order valence-corrected chi connectivity index (χ0v) is 24.9. The van der Waals surface area contributed by atoms with E-state index in [2.05, 4.69) is 5.32 Å². The highest BCUT2D eigenvalue weighted by molar-refractivity contribution is 14.1. The summed E-state index contributed by atoms with van der Waals surface area (Å²) in [5.74, 6) is -1.42. The number of carbonyl (C=O) groups excluding carboxylic acids is 3. The summed E-state index contributed by atoms with van der Waals surface area (Å²) in [4.78, 5) is 40.0. The monoisotopic (exact) mass is 661 g/mol. The number of ether oxygens (including phenoxy) is 1. The number of piperidine rings is 1. The van der Waals surface area contributed by atoms with Crippen LogP contribution in [-0.4, -0.2) is 67.9 Å². The molecule has 1 N–H and O–H groups in total. The highest BCUT2D eigenvalue weighted by atomic mass is 127. The Bertz CT molecular complexity index is 1190. The predicted molar refractivity (Wildman–Crippen MR) is 153 cm³/mol. The number of hydrogen-bond donors (Lipinski definition) is 1. The van der Waals surface area contributed by atoms with Crippen molar-refractivity contribution in [1.82, 2.24) is 14.5 Å². The van der Waals surface area contributed by atoms with Crippen LogP contribution >= 0.6 is 34.4 Å². The van der Waals surface area contributed by atoms with Crippen molar-refractivity contribution in [3.05, 3.63) is 55.7 Å². The van der Waals surface area contributed by atoms with Crippen LogP contribution in [-0.2, 0) is 29.1 Å². The number of methoxy groups -OCH3 is 1. The van der Waals surface area contributed by atoms with Gasteiger partial charge in [-0.05, 0) is 72.8 Å². The molecule has 3 aliphatic rings. The van der Waals surface area contributed by atoms with Crippen LogP contribution < -0.4 is 5.32 Å². The molecule has 0 aromatic heterocycles. The number of thioether (sulfide) groups is 1. The van der Waals surface area contributed by atoms with Crippen molar-refractivity contribution in [2.45, 2.75) is 45.1 Å². The summed E-state index contributed by atoms with van der Waals surface area (Å²) in [6, 6.07) is -0.834. The molecule has 2 unspecified atom stereocenters. The largest absolute Gasteiger partial charge is 0.469 e. The van der Waals surface area contributed by atoms with Gasteiger partial charge in [0.15, 0.2) is 0 Å². The van der Waals surface area contributed by atoms with E-state index >= 15 is 0 Å². The molecule has 2 amide bonds. The number of nitrogens with one attached hydrogen (secondary N) is 1. The first kappa shape index (κ1) is 29.7. The van der Waals surface area contributed by atoms with E-state index in [9.17, 15) is 22.8 Å². The summed E-state index contributed by atoms with van der Waals surface area (Å²) in [6.07, 6.45) is 14.6. The Hall–Kier alpha value is -1.90. The van der Waals surface area contributed by atoms with Gasteiger partial charge in [0.2, 0.25) is 21.8 Å². The molecule has 202 valence electrons. The average Bonchev–Trinajstić information content (AvgIpc) is 2.93. The number of fused-ring (bicyclic) bond motifs is 1. The van der Waals surface area contributed by atoms with Gasteiger partial charge in [-0.15, -0.1) is 11.8 Å². The number of rotatable bonds is 8. The zero-order valence-electron chi connectivity index (χ0n) is 21.1. The topological polar surface area (TPSA) is 113 Å². The maximum atomic E-state index is 13.5. The molecule has 0 saturated carbocycles. The molecule has 2 heterocycles. The van der Waals surface area contributed by atoms with E-state index in [1.54, 1.807) is 36.3 Å². The third-order valence-electron chi connectivity index (χ3n) is 6.39. The van der Waals surface area contributed by atoms with Gasteiger partial charge in [-0.25, -0.2) is 8.42 Å². The standard InChI is InChI=1S/C25H32IN3O6S2/c1-4-23(36-3)37(33,34)29-14-6-5-10-20(29)24(31)27-19-11-12-21(26)28(15-13-22(30)35-2)25(32)18-9-7-8-17(19)16-18/h4,7-8,11-12,16,18,20H,5-6,9-10,13-15H2,1-3H3,(H,27,31)/b19-11+,21-12+,23-4+. The van der Waals surface area contributed by atoms with Crippen LogP contribution in [0.2, 0.25) is 0 Å². The lowest BCUT2D eigenvalue weighted by Crippen LogP contribution is -2.51. The number of carbonyl (C=O) groups is 3. The fourth-order valence-corrected chi connectivity index (χ4v) is 7.93. The number of esters is 1. The van der Waals surface area contributed by atoms with Crippen LogP contribution in [0.3, 0.4) is 0 Å². The zero-order chi connectivity index (χ0) is 27.2. The van der Waals surface area contributed by atoms with E-state index in [1.165, 1.54) is 11.4 Å². The second-order valence-electron chi connectivity index (χ2n) is 8.68. The van der Waals surface area contributed by atoms with E-state index in [0.29, 0.717) is 34.2 Å². The predicted octanol–water partition coefficient (Wildman–Crippen LogP) is 3.58. The summed E-state index contributed by atoms with van der Waals surface area (Å²) >= 11 is 3.18. The molecule has 0 spiro atoms. The molecule has 1 fully saturated rings. The van der Waals surface area contributed by atoms with Crippen molar-refractivity contribution in [2.75, 3.05) is 26.5 Å². The van der Waals surface area contributed by atoms with Gasteiger partial charge in [-0.1, -0.05) is 30.7 Å². The lowest BCUT2D eigenvalue weighted by molar-refractivity contribution is -0.141. The number of amides is 2. The molecular weight excluding hydrogens is 629 g/mol. The van der Waals surface area contributed by atoms with Crippen molar-refractivity contribution in [3.8, 4) is 0 Å². The van der Waals surface area contributed by atoms with Gasteiger partial charge in [0.1, 0.15) is 10.3 Å². The molecule has 9 nitrogen and oxygen atoms in total. The van der Waals surface area contributed by atoms with Gasteiger partial charge in [0.05, 0.1) is 23.2 Å². The summed E-state index contributed by atoms with van der Waals surface area (Å²) in [5.41, 5.74) is 1.17. The van der Waals surface area contributed by atoms with Gasteiger partial charge in [0.25, 0.3) is 0 Å². The molecule has 3 rings (SSSR count). The minimum atomic E-state index is -3.79. The number of hydrogen-bond acceptors (Lipinski definition) is 7. The Morgan fingerprint density at radius 2 is 2.05 bits per heavy atom. The normalized spacial score (nSPS) is 26.1. The Morgan fingerprint density at radius 1 is 1.30 bits per heavy atom. The summed E-state index contributed by atoms with van der Waals surface area (Å²) < 4.78 is 33.3. The molecule has 1 aliphatic carbocycles. The Balaban J connectivity index is 1.91. The van der Waals surface area contributed by atoms with Crippen molar-refractivity contribution < 1.29 is 27.5 Å². The Kier molecular flexibility index (Phi) is 10.6. The molecule has 2 aliphatic heterocycles. The van der Waals surface area contributed by atoms with Crippen molar-refractivity contribution in [2.24, 2.45) is 5.92 Å². The first-order valence-electron chi connectivity index (χ1n) is 12.0. The van der Waals surface area contributed by atoms with Crippen LogP contribution in [0.15, 0.2) is 55.7 Å². The van der Waals surface area contributed by atoms with Gasteiger partial charge in [-0.2, -0.15) is 4.31 Å². The molecule has 37 heavy (non-hydrogen) atoms. The minimum absolute atomic E-state index is 0.0608. The van der Waals surface area contributed by atoms with Crippen LogP contribution in [0.5, 0.6) is 0 Å². The lowest BCUT2D eigenvalue weighted by Gasteiger charge is -2.34. The molecule has 1 saturated heterocycles. The highest BCUT2D eigenvalue weighted by Crippen LogP contribution is 2.31. The molecule has 0 aromatic carbocycles. The minimum Gasteiger partial charge on any atom is -0.469 e. The Morgan fingerprint density at radius 3 is 2.73 bits per heavy atom. The second-order valence-corrected chi connectivity index (χ2v) is 12.8. The molecule has 2 bridgehead atoms. The van der Waals surface area contributed by atoms with Gasteiger partial charge in [-0.3, -0.25) is 14.4 Å². The van der Waals surface area contributed by atoms with E-state index in [-0.39, 0.29) is 29.7 Å². The van der Waals surface area contributed by atoms with E-state index in [4.69, 9.17) is 4.74 Å². The quantitative estimate of drug-likeness (QED) is 0.241. The Labute approximate surface area is 236 Å². The maximum absolute atomic E-state index is 13.5. The molecule has 0 radical (unpaired) electrons. The van der Waals surface area contributed by atoms with Gasteiger partial charge in [0, 0.05) is 18.8 Å². The number of sulfonamides is 1. The van der Waals surface area contributed by atoms with Crippen molar-refractivity contribution in [3.63, 3.8) is 0 Å². The average molecular weight is 662 g/mol. The number of nitrogens with zero attached hydrogens (tertiary/aromatic N) is 2. The van der Waals surface area contributed by atoms with E-state index in [1.807, 2.05) is 40.8 Å². The third kappa shape index (κ3) is 6.95. The maximum Gasteiger partial charge on any atom is 0.307 e. The molecule has 12 heteroatoms. The van der Waals surface area contributed by atoms with Crippen molar-refractivity contribution in [1.29, 1.82) is 0 Å². The van der Waals surface area contributed by atoms with Crippen LogP contribution in [0.1, 0.15) is 39.0 Å². The third-order valence-corrected chi connectivity index (χ3v) is 10.9. The van der Waals surface area contributed by atoms with Crippen LogP contribution in [0.4, 0.5) is 0 Å². The first-order chi connectivity index (χ1) is 17.6. The number of allylic oxidation sites excluding steroid dienone is 5. The van der Waals surface area contributed by atoms with Gasteiger partial charge >= 0.3 is 5.97 Å². The summed E-state index contributed by atoms with van der Waals surface area (Å²) in [7, 11) is -2.48. The fraction of sp³-hybridized carbons (Fsp3) is 0.480. The van der Waals surface area contributed by atoms with E-state index in [0.717, 1.165) is 18.2 Å². The first-order valence-corrected chi connectivity index (χ1v) is 15.8. The SMILES string of the molecule is C/C=C(\SC)S(=O)(=O)N1CCCCC1C(=O)N/C1=C/C=C(\I)N(CCC(=O)OC)C(=O)C2C=C1C=CC2. The van der Waals surface area contributed by atoms with Gasteiger partial charge < -0.3 is 15.0 Å². The second kappa shape index (κ2) is 13.3. The van der Waals surface area contributed by atoms with Crippen LogP contribution in [0.25, 0.3) is 0 Å². The molecule has 2 atom stereocenters. The highest BCUT2D eigenvalue weighted by Gasteiger charge is 2.39. The number of halogens is 1. The van der Waals surface area contributed by atoms with Crippen molar-refractivity contribution >= 4 is 62.2 Å². The molecular formula is C25H32IN3O6S2. The summed E-state index contributed by atoms with van der Waals surface area (Å²) in [5, 5.41) is 2.94. The smallest absolute Gasteiger partial charge is 0.307 e. The fourth-order valence-electron chi connectivity index (χ4n) is 4.47. The summed E-state index contributed by atoms with van der Waals surface area (Å²) in [6.45, 7) is 2.13. The molecule has 0 aromatic rings. The lowest BCUT2D eigenvalue weighted by atomic mass is 9.93. The van der Waals surface area contributed by atoms with Crippen LogP contribution in [0, 0.1) is 5.92 Å². The van der Waals surface area contributed by atoms with E-state index < -0.39 is 33.9 Å².